The molecule has 2 N–H and O–H groups in total. The Morgan fingerprint density at radius 2 is 1.68 bits per heavy atom. The molecule has 2 aromatic carbocycles. The molecular weight excluding hydrogens is 372 g/mol. The van der Waals surface area contributed by atoms with E-state index in [4.69, 9.17) is 5.73 Å². The van der Waals surface area contributed by atoms with Crippen LogP contribution in [0.5, 0.6) is 0 Å². The van der Waals surface area contributed by atoms with Crippen molar-refractivity contribution in [2.24, 2.45) is 5.73 Å². The number of carbonyl (C=O) groups excluding carboxylic acids is 1. The van der Waals surface area contributed by atoms with Crippen LogP contribution in [-0.2, 0) is 12.6 Å². The first-order valence-corrected chi connectivity index (χ1v) is 8.41. The van der Waals surface area contributed by atoms with E-state index in [9.17, 15) is 22.4 Å². The van der Waals surface area contributed by atoms with Crippen molar-refractivity contribution in [3.8, 4) is 0 Å². The van der Waals surface area contributed by atoms with Crippen molar-refractivity contribution >= 4 is 5.91 Å². The maximum Gasteiger partial charge on any atom is 0.433 e. The average molecular weight is 388 g/mol. The molecule has 1 aromatic heterocycles. The van der Waals surface area contributed by atoms with Gasteiger partial charge in [0, 0.05) is 17.7 Å². The Kier molecular flexibility index (Phi) is 5.44. The number of alkyl halides is 3. The van der Waals surface area contributed by atoms with Crippen LogP contribution in [0, 0.1) is 5.82 Å². The summed E-state index contributed by atoms with van der Waals surface area (Å²) in [6, 6.07) is 14.7. The molecule has 0 spiro atoms. The van der Waals surface area contributed by atoms with Gasteiger partial charge in [-0.15, -0.1) is 0 Å². The molecule has 3 aromatic rings. The fourth-order valence-electron chi connectivity index (χ4n) is 2.99. The van der Waals surface area contributed by atoms with Crippen molar-refractivity contribution in [3.05, 3.63) is 101 Å². The van der Waals surface area contributed by atoms with Crippen molar-refractivity contribution in [2.75, 3.05) is 0 Å². The van der Waals surface area contributed by atoms with Gasteiger partial charge in [0.15, 0.2) is 0 Å². The van der Waals surface area contributed by atoms with Crippen LogP contribution in [0.1, 0.15) is 38.7 Å². The normalized spacial score (nSPS) is 12.6. The van der Waals surface area contributed by atoms with E-state index >= 15 is 0 Å². The highest BCUT2D eigenvalue weighted by molar-refractivity contribution is 5.92. The van der Waals surface area contributed by atoms with Gasteiger partial charge in [0.05, 0.1) is 0 Å². The van der Waals surface area contributed by atoms with Gasteiger partial charge in [-0.25, -0.2) is 4.39 Å². The summed E-state index contributed by atoms with van der Waals surface area (Å²) in [5, 5.41) is 0. The molecule has 144 valence electrons. The summed E-state index contributed by atoms with van der Waals surface area (Å²) in [6.45, 7) is 0. The number of primary amides is 1. The maximum absolute atomic E-state index is 13.3. The summed E-state index contributed by atoms with van der Waals surface area (Å²) >= 11 is 0. The number of hydrogen-bond acceptors (Lipinski definition) is 2. The van der Waals surface area contributed by atoms with Crippen molar-refractivity contribution in [1.82, 2.24) is 4.98 Å². The molecule has 0 fully saturated rings. The molecule has 0 saturated carbocycles. The number of rotatable bonds is 5. The number of nitrogens with zero attached hydrogens (tertiary/aromatic N) is 1. The minimum absolute atomic E-state index is 0.334. The monoisotopic (exact) mass is 388 g/mol. The molecule has 1 heterocycles. The Bertz CT molecular complexity index is 967. The Labute approximate surface area is 158 Å². The van der Waals surface area contributed by atoms with Crippen molar-refractivity contribution < 1.29 is 22.4 Å². The van der Waals surface area contributed by atoms with Gasteiger partial charge in [0.25, 0.3) is 0 Å². The second kappa shape index (κ2) is 7.80. The van der Waals surface area contributed by atoms with Crippen LogP contribution in [0.2, 0.25) is 0 Å². The number of hydrogen-bond donors (Lipinski definition) is 1. The Balaban J connectivity index is 1.99. The van der Waals surface area contributed by atoms with Crippen molar-refractivity contribution in [2.45, 2.75) is 18.5 Å². The van der Waals surface area contributed by atoms with Crippen molar-refractivity contribution in [3.63, 3.8) is 0 Å². The first-order valence-electron chi connectivity index (χ1n) is 8.41. The molecule has 0 aliphatic carbocycles. The number of benzene rings is 2. The number of pyridine rings is 1. The summed E-state index contributed by atoms with van der Waals surface area (Å²) in [4.78, 5) is 14.9. The number of halogens is 4. The van der Waals surface area contributed by atoms with Gasteiger partial charge in [-0.3, -0.25) is 9.78 Å². The first kappa shape index (κ1) is 19.5. The molecule has 0 aliphatic rings. The quantitative estimate of drug-likeness (QED) is 0.644. The lowest BCUT2D eigenvalue weighted by molar-refractivity contribution is -0.141. The Morgan fingerprint density at radius 3 is 2.25 bits per heavy atom. The lowest BCUT2D eigenvalue weighted by atomic mass is 9.86. The molecule has 3 nitrogen and oxygen atoms in total. The lowest BCUT2D eigenvalue weighted by Crippen LogP contribution is -2.12. The van der Waals surface area contributed by atoms with E-state index in [1.807, 2.05) is 0 Å². The highest BCUT2D eigenvalue weighted by atomic mass is 19.4. The first-order chi connectivity index (χ1) is 13.2. The second-order valence-corrected chi connectivity index (χ2v) is 6.35. The van der Waals surface area contributed by atoms with Gasteiger partial charge in [-0.1, -0.05) is 30.3 Å². The summed E-state index contributed by atoms with van der Waals surface area (Å²) < 4.78 is 51.7. The number of carbonyl (C=O) groups is 1. The number of aromatic nitrogens is 1. The topological polar surface area (TPSA) is 56.0 Å². The lowest BCUT2D eigenvalue weighted by Gasteiger charge is -2.19. The molecule has 0 saturated heterocycles. The van der Waals surface area contributed by atoms with Gasteiger partial charge >= 0.3 is 6.18 Å². The van der Waals surface area contributed by atoms with Gasteiger partial charge in [-0.05, 0) is 53.4 Å². The third kappa shape index (κ3) is 4.54. The van der Waals surface area contributed by atoms with E-state index in [0.717, 1.165) is 11.6 Å². The molecule has 28 heavy (non-hydrogen) atoms. The SMILES string of the molecule is NC(=O)c1cccc(CC(c2ccc(F)cc2)c2ccc(C(F)(F)F)nc2)c1. The minimum Gasteiger partial charge on any atom is -0.366 e. The van der Waals surface area contributed by atoms with E-state index in [2.05, 4.69) is 4.98 Å². The van der Waals surface area contributed by atoms with Gasteiger partial charge in [-0.2, -0.15) is 13.2 Å². The summed E-state index contributed by atoms with van der Waals surface area (Å²) in [5.74, 6) is -1.36. The predicted molar refractivity (Wildman–Crippen MR) is 96.1 cm³/mol. The molecule has 3 rings (SSSR count). The molecule has 1 unspecified atom stereocenters. The van der Waals surface area contributed by atoms with E-state index in [1.165, 1.54) is 24.4 Å². The van der Waals surface area contributed by atoms with Crippen molar-refractivity contribution in [1.29, 1.82) is 0 Å². The third-order valence-electron chi connectivity index (χ3n) is 4.40. The van der Waals surface area contributed by atoms with Gasteiger partial charge < -0.3 is 5.73 Å². The Hall–Kier alpha value is -3.22. The smallest absolute Gasteiger partial charge is 0.366 e. The van der Waals surface area contributed by atoms with E-state index < -0.39 is 23.6 Å². The summed E-state index contributed by atoms with van der Waals surface area (Å²) in [6.07, 6.45) is -2.98. The molecule has 0 aliphatic heterocycles. The molecular formula is C21H16F4N2O. The largest absolute Gasteiger partial charge is 0.433 e. The fourth-order valence-corrected chi connectivity index (χ4v) is 2.99. The van der Waals surface area contributed by atoms with E-state index in [1.54, 1.807) is 36.4 Å². The van der Waals surface area contributed by atoms with Gasteiger partial charge in [0.2, 0.25) is 5.91 Å². The van der Waals surface area contributed by atoms with Crippen LogP contribution in [-0.4, -0.2) is 10.9 Å². The molecule has 1 atom stereocenters. The molecule has 0 bridgehead atoms. The number of amides is 1. The van der Waals surface area contributed by atoms with Crippen LogP contribution in [0.3, 0.4) is 0 Å². The highest BCUT2D eigenvalue weighted by Crippen LogP contribution is 2.32. The van der Waals surface area contributed by atoms with Crippen LogP contribution in [0.15, 0.2) is 66.9 Å². The summed E-state index contributed by atoms with van der Waals surface area (Å²) in [7, 11) is 0. The second-order valence-electron chi connectivity index (χ2n) is 6.35. The van der Waals surface area contributed by atoms with E-state index in [-0.39, 0.29) is 5.92 Å². The average Bonchev–Trinajstić information content (AvgIpc) is 2.66. The maximum atomic E-state index is 13.3. The fraction of sp³-hybridized carbons (Fsp3) is 0.143. The molecule has 0 radical (unpaired) electrons. The minimum atomic E-state index is -4.53. The van der Waals surface area contributed by atoms with Crippen LogP contribution >= 0.6 is 0 Å². The van der Waals surface area contributed by atoms with Crippen LogP contribution in [0.4, 0.5) is 17.6 Å². The predicted octanol–water partition coefficient (Wildman–Crippen LogP) is 4.71. The third-order valence-corrected chi connectivity index (χ3v) is 4.40. The van der Waals surface area contributed by atoms with Crippen LogP contribution < -0.4 is 5.73 Å². The van der Waals surface area contributed by atoms with Gasteiger partial charge in [0.1, 0.15) is 11.5 Å². The standard InChI is InChI=1S/C21H16F4N2O/c22-17-7-4-14(5-8-17)18(11-13-2-1-3-15(10-13)20(26)28)16-6-9-19(27-12-16)21(23,24)25/h1-10,12,18H,11H2,(H2,26,28). The molecule has 7 heteroatoms. The zero-order valence-electron chi connectivity index (χ0n) is 14.6. The van der Waals surface area contributed by atoms with Crippen LogP contribution in [0.25, 0.3) is 0 Å². The zero-order valence-corrected chi connectivity index (χ0v) is 14.6. The number of nitrogens with two attached hydrogens (primary N) is 1. The highest BCUT2D eigenvalue weighted by Gasteiger charge is 2.32. The summed E-state index contributed by atoms with van der Waals surface area (Å²) in [5.41, 5.74) is 6.69. The Morgan fingerprint density at radius 1 is 1.00 bits per heavy atom. The zero-order chi connectivity index (χ0) is 20.3. The molecule has 1 amide bonds. The van der Waals surface area contributed by atoms with E-state index in [0.29, 0.717) is 23.1 Å².